The molecule has 0 unspecified atom stereocenters. The van der Waals surface area contributed by atoms with Crippen LogP contribution < -0.4 is 0 Å². The number of aromatic carboxylic acids is 1. The third-order valence-corrected chi connectivity index (χ3v) is 5.01. The van der Waals surface area contributed by atoms with Gasteiger partial charge in [0, 0.05) is 7.11 Å². The van der Waals surface area contributed by atoms with Gasteiger partial charge in [0.1, 0.15) is 0 Å². The standard InChI is InChI=1S/C14H20O5S/c1-4-10-6-7-12(14(15)16)11(5-2)13(10)20(17,18)9-8-19-3/h6-7H,4-5,8-9H2,1-3H3,(H,15,16). The zero-order chi connectivity index (χ0) is 15.3. The maximum atomic E-state index is 12.5. The molecule has 1 aromatic carbocycles. The van der Waals surface area contributed by atoms with Crippen LogP contribution in [0, 0.1) is 0 Å². The molecule has 0 fully saturated rings. The van der Waals surface area contributed by atoms with Crippen molar-refractivity contribution in [3.05, 3.63) is 28.8 Å². The number of methoxy groups -OCH3 is 1. The number of ether oxygens (including phenoxy) is 1. The van der Waals surface area contributed by atoms with Gasteiger partial charge in [0.2, 0.25) is 0 Å². The summed E-state index contributed by atoms with van der Waals surface area (Å²) in [5.74, 6) is -1.25. The highest BCUT2D eigenvalue weighted by atomic mass is 32.2. The Bertz CT molecular complexity index is 590. The molecule has 0 aliphatic carbocycles. The van der Waals surface area contributed by atoms with Crippen molar-refractivity contribution in [2.75, 3.05) is 19.5 Å². The first-order valence-electron chi connectivity index (χ1n) is 6.48. The number of rotatable bonds is 7. The second kappa shape index (κ2) is 6.85. The molecule has 0 atom stereocenters. The van der Waals surface area contributed by atoms with Crippen molar-refractivity contribution < 1.29 is 23.1 Å². The Balaban J connectivity index is 3.56. The van der Waals surface area contributed by atoms with Gasteiger partial charge in [-0.15, -0.1) is 0 Å². The zero-order valence-corrected chi connectivity index (χ0v) is 12.8. The van der Waals surface area contributed by atoms with Crippen LogP contribution in [0.25, 0.3) is 0 Å². The van der Waals surface area contributed by atoms with Crippen LogP contribution in [-0.4, -0.2) is 39.0 Å². The topological polar surface area (TPSA) is 80.7 Å². The van der Waals surface area contributed by atoms with Crippen molar-refractivity contribution in [1.82, 2.24) is 0 Å². The molecule has 0 aliphatic heterocycles. The summed E-state index contributed by atoms with van der Waals surface area (Å²) in [4.78, 5) is 11.4. The Kier molecular flexibility index (Phi) is 5.71. The quantitative estimate of drug-likeness (QED) is 0.832. The molecule has 0 saturated carbocycles. The molecule has 0 spiro atoms. The van der Waals surface area contributed by atoms with Crippen LogP contribution in [0.1, 0.15) is 35.3 Å². The highest BCUT2D eigenvalue weighted by Crippen LogP contribution is 2.27. The lowest BCUT2D eigenvalue weighted by Gasteiger charge is -2.16. The number of aryl methyl sites for hydroxylation is 1. The number of sulfone groups is 1. The van der Waals surface area contributed by atoms with E-state index < -0.39 is 15.8 Å². The smallest absolute Gasteiger partial charge is 0.336 e. The highest BCUT2D eigenvalue weighted by molar-refractivity contribution is 7.91. The second-order valence-electron chi connectivity index (χ2n) is 4.40. The highest BCUT2D eigenvalue weighted by Gasteiger charge is 2.25. The van der Waals surface area contributed by atoms with E-state index in [1.807, 2.05) is 6.92 Å². The lowest BCUT2D eigenvalue weighted by molar-refractivity contribution is 0.0695. The van der Waals surface area contributed by atoms with Gasteiger partial charge in [-0.25, -0.2) is 13.2 Å². The van der Waals surface area contributed by atoms with Crippen molar-refractivity contribution in [1.29, 1.82) is 0 Å². The van der Waals surface area contributed by atoms with Gasteiger partial charge >= 0.3 is 5.97 Å². The lowest BCUT2D eigenvalue weighted by atomic mass is 10.0. The summed E-state index contributed by atoms with van der Waals surface area (Å²) >= 11 is 0. The van der Waals surface area contributed by atoms with E-state index in [-0.39, 0.29) is 22.8 Å². The van der Waals surface area contributed by atoms with Gasteiger partial charge in [0.25, 0.3) is 0 Å². The SMILES string of the molecule is CCc1ccc(C(=O)O)c(CC)c1S(=O)(=O)CCOC. The van der Waals surface area contributed by atoms with Crippen LogP contribution >= 0.6 is 0 Å². The molecule has 0 bridgehead atoms. The maximum Gasteiger partial charge on any atom is 0.336 e. The van der Waals surface area contributed by atoms with E-state index in [1.54, 1.807) is 13.0 Å². The normalized spacial score (nSPS) is 11.6. The van der Waals surface area contributed by atoms with E-state index in [2.05, 4.69) is 0 Å². The van der Waals surface area contributed by atoms with E-state index in [0.29, 0.717) is 24.0 Å². The van der Waals surface area contributed by atoms with Gasteiger partial charge in [0.15, 0.2) is 9.84 Å². The first-order valence-corrected chi connectivity index (χ1v) is 8.14. The van der Waals surface area contributed by atoms with E-state index in [1.165, 1.54) is 13.2 Å². The Morgan fingerprint density at radius 2 is 1.90 bits per heavy atom. The molecule has 0 aromatic heterocycles. The summed E-state index contributed by atoms with van der Waals surface area (Å²) in [5, 5.41) is 9.21. The molecular formula is C14H20O5S. The number of benzene rings is 1. The summed E-state index contributed by atoms with van der Waals surface area (Å²) in [5.41, 5.74) is 1.09. The predicted octanol–water partition coefficient (Wildman–Crippen LogP) is 1.93. The number of carboxylic acid groups (broad SMARTS) is 1. The van der Waals surface area contributed by atoms with E-state index in [0.717, 1.165) is 0 Å². The minimum absolute atomic E-state index is 0.0562. The van der Waals surface area contributed by atoms with Gasteiger partial charge in [-0.2, -0.15) is 0 Å². The summed E-state index contributed by atoms with van der Waals surface area (Å²) < 4.78 is 29.7. The molecule has 20 heavy (non-hydrogen) atoms. The second-order valence-corrected chi connectivity index (χ2v) is 6.45. The maximum absolute atomic E-state index is 12.5. The van der Waals surface area contributed by atoms with E-state index >= 15 is 0 Å². The third-order valence-electron chi connectivity index (χ3n) is 3.17. The van der Waals surface area contributed by atoms with Gasteiger partial charge in [-0.05, 0) is 30.0 Å². The van der Waals surface area contributed by atoms with Gasteiger partial charge in [0.05, 0.1) is 22.8 Å². The Morgan fingerprint density at radius 3 is 2.35 bits per heavy atom. The molecule has 0 heterocycles. The van der Waals surface area contributed by atoms with E-state index in [4.69, 9.17) is 4.74 Å². The van der Waals surface area contributed by atoms with Crippen LogP contribution in [0.2, 0.25) is 0 Å². The summed E-state index contributed by atoms with van der Waals surface area (Å²) in [6.07, 6.45) is 0.894. The number of hydrogen-bond donors (Lipinski definition) is 1. The molecule has 0 amide bonds. The summed E-state index contributed by atoms with van der Waals surface area (Å²) in [7, 11) is -2.12. The summed E-state index contributed by atoms with van der Waals surface area (Å²) in [6.45, 7) is 3.70. The molecule has 1 aromatic rings. The van der Waals surface area contributed by atoms with Crippen LogP contribution in [0.5, 0.6) is 0 Å². The van der Waals surface area contributed by atoms with Gasteiger partial charge in [-0.1, -0.05) is 19.9 Å². The van der Waals surface area contributed by atoms with Gasteiger partial charge in [-0.3, -0.25) is 0 Å². The minimum Gasteiger partial charge on any atom is -0.478 e. The number of hydrogen-bond acceptors (Lipinski definition) is 4. The summed E-state index contributed by atoms with van der Waals surface area (Å²) in [6, 6.07) is 3.07. The van der Waals surface area contributed by atoms with Crippen LogP contribution in [-0.2, 0) is 27.4 Å². The van der Waals surface area contributed by atoms with Crippen LogP contribution in [0.15, 0.2) is 17.0 Å². The third kappa shape index (κ3) is 3.37. The fourth-order valence-electron chi connectivity index (χ4n) is 2.19. The monoisotopic (exact) mass is 300 g/mol. The fourth-order valence-corrected chi connectivity index (χ4v) is 4.02. The predicted molar refractivity (Wildman–Crippen MR) is 76.1 cm³/mol. The Hall–Kier alpha value is -1.40. The van der Waals surface area contributed by atoms with Crippen LogP contribution in [0.4, 0.5) is 0 Å². The molecule has 5 nitrogen and oxygen atoms in total. The fraction of sp³-hybridized carbons (Fsp3) is 0.500. The molecule has 112 valence electrons. The lowest BCUT2D eigenvalue weighted by Crippen LogP contribution is -2.18. The average Bonchev–Trinajstić information content (AvgIpc) is 2.43. The average molecular weight is 300 g/mol. The van der Waals surface area contributed by atoms with Gasteiger partial charge < -0.3 is 9.84 Å². The molecular weight excluding hydrogens is 280 g/mol. The molecule has 6 heteroatoms. The van der Waals surface area contributed by atoms with Crippen molar-refractivity contribution in [3.63, 3.8) is 0 Å². The molecule has 1 rings (SSSR count). The first-order chi connectivity index (χ1) is 9.38. The van der Waals surface area contributed by atoms with E-state index in [9.17, 15) is 18.3 Å². The largest absolute Gasteiger partial charge is 0.478 e. The zero-order valence-electron chi connectivity index (χ0n) is 12.0. The minimum atomic E-state index is -3.55. The van der Waals surface area contributed by atoms with Crippen LogP contribution in [0.3, 0.4) is 0 Å². The molecule has 1 N–H and O–H groups in total. The molecule has 0 saturated heterocycles. The number of carboxylic acids is 1. The Morgan fingerprint density at radius 1 is 1.25 bits per heavy atom. The first kappa shape index (κ1) is 16.7. The van der Waals surface area contributed by atoms with Crippen molar-refractivity contribution in [2.24, 2.45) is 0 Å². The number of carbonyl (C=O) groups is 1. The molecule has 0 aliphatic rings. The molecule has 0 radical (unpaired) electrons. The Labute approximate surface area is 119 Å². The van der Waals surface area contributed by atoms with Crippen molar-refractivity contribution in [3.8, 4) is 0 Å². The van der Waals surface area contributed by atoms with Crippen molar-refractivity contribution in [2.45, 2.75) is 31.6 Å². The van der Waals surface area contributed by atoms with Crippen molar-refractivity contribution >= 4 is 15.8 Å².